The Balaban J connectivity index is 1.75. The van der Waals surface area contributed by atoms with Gasteiger partial charge in [0.15, 0.2) is 10.6 Å². The third-order valence-corrected chi connectivity index (χ3v) is 5.20. The maximum atomic E-state index is 13.2. The van der Waals surface area contributed by atoms with Crippen LogP contribution in [0.1, 0.15) is 5.69 Å². The van der Waals surface area contributed by atoms with E-state index in [0.717, 1.165) is 16.9 Å². The molecule has 0 bridgehead atoms. The molecular weight excluding hydrogens is 358 g/mol. The maximum absolute atomic E-state index is 13.2. The molecule has 0 saturated carbocycles. The molecule has 0 N–H and O–H groups in total. The fourth-order valence-corrected chi connectivity index (χ4v) is 3.83. The first-order valence-electron chi connectivity index (χ1n) is 8.52. The van der Waals surface area contributed by atoms with Gasteiger partial charge in [0.1, 0.15) is 6.54 Å². The molecule has 2 heterocycles. The van der Waals surface area contributed by atoms with E-state index in [2.05, 4.69) is 4.98 Å². The Morgan fingerprint density at radius 1 is 1.07 bits per heavy atom. The summed E-state index contributed by atoms with van der Waals surface area (Å²) in [5.41, 5.74) is 2.33. The molecule has 0 spiro atoms. The highest BCUT2D eigenvalue weighted by Gasteiger charge is 2.21. The van der Waals surface area contributed by atoms with Gasteiger partial charge in [0.25, 0.3) is 5.91 Å². The Morgan fingerprint density at radius 2 is 1.81 bits per heavy atom. The number of carbonyl (C=O) groups is 1. The zero-order valence-corrected chi connectivity index (χ0v) is 15.5. The minimum atomic E-state index is -0.121. The molecule has 2 aromatic carbocycles. The van der Waals surface area contributed by atoms with E-state index >= 15 is 0 Å². The Labute approximate surface area is 160 Å². The lowest BCUT2D eigenvalue weighted by Gasteiger charge is -2.21. The number of para-hydroxylation sites is 2. The van der Waals surface area contributed by atoms with E-state index in [4.69, 9.17) is 0 Å². The monoisotopic (exact) mass is 375 g/mol. The third-order valence-electron chi connectivity index (χ3n) is 4.25. The van der Waals surface area contributed by atoms with Gasteiger partial charge in [-0.05, 0) is 31.2 Å². The van der Waals surface area contributed by atoms with Crippen LogP contribution in [0.3, 0.4) is 0 Å². The van der Waals surface area contributed by atoms with Crippen molar-refractivity contribution in [3.63, 3.8) is 0 Å². The molecule has 0 fully saturated rings. The summed E-state index contributed by atoms with van der Waals surface area (Å²) in [6, 6.07) is 18.3. The number of fused-ring (bicyclic) bond motifs is 1. The number of benzene rings is 2. The summed E-state index contributed by atoms with van der Waals surface area (Å²) in [5, 5.41) is 3.16. The van der Waals surface area contributed by atoms with E-state index in [1.165, 1.54) is 17.4 Å². The van der Waals surface area contributed by atoms with E-state index < -0.39 is 0 Å². The summed E-state index contributed by atoms with van der Waals surface area (Å²) < 4.78 is 1.80. The van der Waals surface area contributed by atoms with Crippen molar-refractivity contribution in [3.05, 3.63) is 88.2 Å². The summed E-state index contributed by atoms with van der Waals surface area (Å²) in [6.45, 7) is 2.01. The van der Waals surface area contributed by atoms with Crippen LogP contribution >= 0.6 is 11.3 Å². The second kappa shape index (κ2) is 7.17. The van der Waals surface area contributed by atoms with E-state index in [9.17, 15) is 9.59 Å². The van der Waals surface area contributed by atoms with Crippen molar-refractivity contribution in [3.8, 4) is 0 Å². The molecule has 134 valence electrons. The first-order chi connectivity index (χ1) is 13.1. The Kier molecular flexibility index (Phi) is 4.56. The number of pyridine rings is 1. The fourth-order valence-electron chi connectivity index (χ4n) is 3.00. The third kappa shape index (κ3) is 3.39. The van der Waals surface area contributed by atoms with Gasteiger partial charge in [-0.25, -0.2) is 4.98 Å². The standard InChI is InChI=1S/C21H17N3O2S/c1-15-14-27-21(22-15)24(16-7-3-2-4-8-16)20(26)13-23-12-11-19(25)17-9-5-6-10-18(17)23/h2-12,14H,13H2,1H3. The minimum absolute atomic E-state index is 0.0511. The fraction of sp³-hybridized carbons (Fsp3) is 0.0952. The molecule has 4 rings (SSSR count). The summed E-state index contributed by atoms with van der Waals surface area (Å²) in [7, 11) is 0. The van der Waals surface area contributed by atoms with Gasteiger partial charge in [0.05, 0.1) is 16.9 Å². The van der Waals surface area contributed by atoms with Crippen molar-refractivity contribution >= 4 is 39.0 Å². The van der Waals surface area contributed by atoms with Crippen LogP contribution in [0.25, 0.3) is 10.9 Å². The molecule has 27 heavy (non-hydrogen) atoms. The number of rotatable bonds is 4. The number of carbonyl (C=O) groups excluding carboxylic acids is 1. The molecule has 4 aromatic rings. The molecule has 6 heteroatoms. The smallest absolute Gasteiger partial charge is 0.253 e. The van der Waals surface area contributed by atoms with Gasteiger partial charge in [-0.15, -0.1) is 11.3 Å². The van der Waals surface area contributed by atoms with Crippen LogP contribution in [0.5, 0.6) is 0 Å². The van der Waals surface area contributed by atoms with Crippen LogP contribution < -0.4 is 10.3 Å². The molecule has 0 atom stereocenters. The van der Waals surface area contributed by atoms with Crippen LogP contribution in [0, 0.1) is 6.92 Å². The largest absolute Gasteiger partial charge is 0.338 e. The van der Waals surface area contributed by atoms with Crippen molar-refractivity contribution in [2.75, 3.05) is 4.90 Å². The SMILES string of the molecule is Cc1csc(N(C(=O)Cn2ccc(=O)c3ccccc32)c2ccccc2)n1. The molecule has 0 aliphatic rings. The topological polar surface area (TPSA) is 55.2 Å². The predicted octanol–water partition coefficient (Wildman–Crippen LogP) is 4.13. The number of amides is 1. The average Bonchev–Trinajstić information content (AvgIpc) is 3.11. The van der Waals surface area contributed by atoms with Crippen molar-refractivity contribution < 1.29 is 4.79 Å². The first kappa shape index (κ1) is 17.2. The number of thiazole rings is 1. The summed E-state index contributed by atoms with van der Waals surface area (Å²) in [5.74, 6) is -0.121. The summed E-state index contributed by atoms with van der Waals surface area (Å²) in [6.07, 6.45) is 1.67. The van der Waals surface area contributed by atoms with E-state index in [0.29, 0.717) is 10.5 Å². The Morgan fingerprint density at radius 3 is 2.56 bits per heavy atom. The van der Waals surface area contributed by atoms with Crippen LogP contribution in [0.4, 0.5) is 10.8 Å². The number of anilines is 2. The summed E-state index contributed by atoms with van der Waals surface area (Å²) >= 11 is 1.43. The highest BCUT2D eigenvalue weighted by Crippen LogP contribution is 2.29. The lowest BCUT2D eigenvalue weighted by molar-refractivity contribution is -0.118. The second-order valence-electron chi connectivity index (χ2n) is 6.16. The van der Waals surface area contributed by atoms with Gasteiger partial charge in [0, 0.05) is 23.0 Å². The zero-order chi connectivity index (χ0) is 18.8. The normalized spacial score (nSPS) is 10.9. The van der Waals surface area contributed by atoms with E-state index in [-0.39, 0.29) is 17.9 Å². The van der Waals surface area contributed by atoms with Crippen LogP contribution in [0.2, 0.25) is 0 Å². The highest BCUT2D eigenvalue weighted by atomic mass is 32.1. The quantitative estimate of drug-likeness (QED) is 0.539. The number of aromatic nitrogens is 2. The van der Waals surface area contributed by atoms with Crippen LogP contribution in [0.15, 0.2) is 77.0 Å². The van der Waals surface area contributed by atoms with Crippen molar-refractivity contribution in [1.82, 2.24) is 9.55 Å². The Bertz CT molecular complexity index is 1160. The Hall–Kier alpha value is -3.25. The molecule has 1 amide bonds. The number of hydrogen-bond donors (Lipinski definition) is 0. The molecular formula is C21H17N3O2S. The van der Waals surface area contributed by atoms with Gasteiger partial charge < -0.3 is 4.57 Å². The number of nitrogens with zero attached hydrogens (tertiary/aromatic N) is 3. The maximum Gasteiger partial charge on any atom is 0.253 e. The van der Waals surface area contributed by atoms with Crippen LogP contribution in [-0.4, -0.2) is 15.5 Å². The summed E-state index contributed by atoms with van der Waals surface area (Å²) in [4.78, 5) is 31.4. The lowest BCUT2D eigenvalue weighted by atomic mass is 10.2. The molecule has 0 aliphatic heterocycles. The minimum Gasteiger partial charge on any atom is -0.338 e. The van der Waals surface area contributed by atoms with E-state index in [1.54, 1.807) is 21.7 Å². The van der Waals surface area contributed by atoms with Crippen molar-refractivity contribution in [2.24, 2.45) is 0 Å². The highest BCUT2D eigenvalue weighted by molar-refractivity contribution is 7.14. The van der Waals surface area contributed by atoms with Crippen molar-refractivity contribution in [1.29, 1.82) is 0 Å². The van der Waals surface area contributed by atoms with Crippen LogP contribution in [-0.2, 0) is 11.3 Å². The zero-order valence-electron chi connectivity index (χ0n) is 14.7. The molecule has 0 radical (unpaired) electrons. The van der Waals surface area contributed by atoms with Gasteiger partial charge >= 0.3 is 0 Å². The molecule has 0 unspecified atom stereocenters. The molecule has 2 aromatic heterocycles. The first-order valence-corrected chi connectivity index (χ1v) is 9.40. The van der Waals surface area contributed by atoms with Gasteiger partial charge in [0.2, 0.25) is 0 Å². The number of hydrogen-bond acceptors (Lipinski definition) is 4. The average molecular weight is 375 g/mol. The second-order valence-corrected chi connectivity index (χ2v) is 7.00. The lowest BCUT2D eigenvalue weighted by Crippen LogP contribution is -2.30. The molecule has 0 aliphatic carbocycles. The molecule has 5 nitrogen and oxygen atoms in total. The van der Waals surface area contributed by atoms with Gasteiger partial charge in [-0.3, -0.25) is 14.5 Å². The van der Waals surface area contributed by atoms with Gasteiger partial charge in [-0.1, -0.05) is 30.3 Å². The predicted molar refractivity (Wildman–Crippen MR) is 109 cm³/mol. The van der Waals surface area contributed by atoms with E-state index in [1.807, 2.05) is 60.8 Å². The van der Waals surface area contributed by atoms with Gasteiger partial charge in [-0.2, -0.15) is 0 Å². The number of aryl methyl sites for hydroxylation is 1. The van der Waals surface area contributed by atoms with Crippen molar-refractivity contribution in [2.45, 2.75) is 13.5 Å². The molecule has 0 saturated heterocycles.